The lowest BCUT2D eigenvalue weighted by molar-refractivity contribution is 0.0372. The van der Waals surface area contributed by atoms with E-state index in [9.17, 15) is 9.90 Å². The van der Waals surface area contributed by atoms with Crippen molar-refractivity contribution in [2.24, 2.45) is 0 Å². The van der Waals surface area contributed by atoms with Crippen LogP contribution in [0.3, 0.4) is 0 Å². The van der Waals surface area contributed by atoms with Crippen LogP contribution in [-0.4, -0.2) is 30.8 Å². The van der Waals surface area contributed by atoms with Gasteiger partial charge in [0.15, 0.2) is 0 Å². The second kappa shape index (κ2) is 6.97. The maximum Gasteiger partial charge on any atom is 0.319 e. The second-order valence-electron chi connectivity index (χ2n) is 6.27. The highest BCUT2D eigenvalue weighted by atomic mass is 16.4. The number of carbonyl (C=O) groups excluding carboxylic acids is 1. The first-order chi connectivity index (χ1) is 11.6. The summed E-state index contributed by atoms with van der Waals surface area (Å²) >= 11 is 0. The molecule has 1 aliphatic heterocycles. The minimum absolute atomic E-state index is 0.0538. The smallest absolute Gasteiger partial charge is 0.319 e. The van der Waals surface area contributed by atoms with Crippen molar-refractivity contribution in [1.29, 1.82) is 0 Å². The Labute approximate surface area is 141 Å². The zero-order valence-electron chi connectivity index (χ0n) is 13.8. The van der Waals surface area contributed by atoms with Crippen LogP contribution in [0.2, 0.25) is 0 Å². The molecule has 0 aliphatic carbocycles. The fourth-order valence-corrected chi connectivity index (χ4v) is 2.90. The molecule has 2 amide bonds. The minimum atomic E-state index is -1.25. The average molecular weight is 329 g/mol. The number of amides is 2. The molecule has 1 unspecified atom stereocenters. The van der Waals surface area contributed by atoms with Crippen LogP contribution in [0.15, 0.2) is 47.1 Å². The summed E-state index contributed by atoms with van der Waals surface area (Å²) in [6.07, 6.45) is 3.84. The number of hydrogen-bond acceptors (Lipinski definition) is 4. The molecule has 0 radical (unpaired) electrons. The van der Waals surface area contributed by atoms with Gasteiger partial charge in [0.2, 0.25) is 0 Å². The first kappa shape index (κ1) is 16.4. The molecular formula is C18H23N3O3. The standard InChI is InChI=1S/C18H23N3O3/c1-18(23,16-9-6-12-24-16)13-19-17(22)20-14-7-2-3-8-15(14)21-10-4-5-11-21/h2-3,6-9,12,23H,4-5,10-11,13H2,1H3,(H2,19,20,22). The lowest BCUT2D eigenvalue weighted by atomic mass is 10.0. The van der Waals surface area contributed by atoms with Crippen LogP contribution in [0.1, 0.15) is 25.5 Å². The summed E-state index contributed by atoms with van der Waals surface area (Å²) in [6.45, 7) is 3.67. The molecule has 1 aromatic heterocycles. The van der Waals surface area contributed by atoms with E-state index in [1.165, 1.54) is 19.1 Å². The van der Waals surface area contributed by atoms with Gasteiger partial charge in [-0.05, 0) is 44.0 Å². The molecule has 0 saturated carbocycles. The maximum atomic E-state index is 12.2. The molecule has 0 spiro atoms. The number of anilines is 2. The Hall–Kier alpha value is -2.47. The van der Waals surface area contributed by atoms with Crippen molar-refractivity contribution >= 4 is 17.4 Å². The predicted molar refractivity (Wildman–Crippen MR) is 93.2 cm³/mol. The Bertz CT molecular complexity index is 677. The SMILES string of the molecule is CC(O)(CNC(=O)Nc1ccccc1N1CCCC1)c1ccco1. The summed E-state index contributed by atoms with van der Waals surface area (Å²) in [5.74, 6) is 0.417. The van der Waals surface area contributed by atoms with Gasteiger partial charge < -0.3 is 25.1 Å². The van der Waals surface area contributed by atoms with Gasteiger partial charge in [-0.25, -0.2) is 4.79 Å². The molecule has 1 fully saturated rings. The topological polar surface area (TPSA) is 77.7 Å². The summed E-state index contributed by atoms with van der Waals surface area (Å²) in [7, 11) is 0. The highest BCUT2D eigenvalue weighted by molar-refractivity contribution is 5.93. The lowest BCUT2D eigenvalue weighted by Crippen LogP contribution is -2.40. The van der Waals surface area contributed by atoms with E-state index in [4.69, 9.17) is 4.42 Å². The van der Waals surface area contributed by atoms with Crippen LogP contribution >= 0.6 is 0 Å². The van der Waals surface area contributed by atoms with Crippen LogP contribution < -0.4 is 15.5 Å². The largest absolute Gasteiger partial charge is 0.466 e. The normalized spacial score (nSPS) is 16.7. The van der Waals surface area contributed by atoms with Crippen molar-refractivity contribution < 1.29 is 14.3 Å². The molecule has 1 aromatic carbocycles. The van der Waals surface area contributed by atoms with Crippen molar-refractivity contribution in [1.82, 2.24) is 5.32 Å². The van der Waals surface area contributed by atoms with Gasteiger partial charge in [-0.3, -0.25) is 0 Å². The Morgan fingerprint density at radius 1 is 1.25 bits per heavy atom. The summed E-state index contributed by atoms with van der Waals surface area (Å²) in [5, 5.41) is 15.9. The van der Waals surface area contributed by atoms with Crippen molar-refractivity contribution in [3.05, 3.63) is 48.4 Å². The molecule has 24 heavy (non-hydrogen) atoms. The molecule has 1 saturated heterocycles. The number of aliphatic hydroxyl groups is 1. The quantitative estimate of drug-likeness (QED) is 0.788. The van der Waals surface area contributed by atoms with Gasteiger partial charge >= 0.3 is 6.03 Å². The third-order valence-corrected chi connectivity index (χ3v) is 4.24. The molecule has 3 rings (SSSR count). The molecule has 128 valence electrons. The minimum Gasteiger partial charge on any atom is -0.466 e. The highest BCUT2D eigenvalue weighted by Gasteiger charge is 2.27. The number of para-hydroxylation sites is 2. The number of rotatable bonds is 5. The first-order valence-electron chi connectivity index (χ1n) is 8.21. The Balaban J connectivity index is 1.61. The zero-order chi connectivity index (χ0) is 17.0. The van der Waals surface area contributed by atoms with Crippen molar-refractivity contribution in [2.45, 2.75) is 25.4 Å². The molecule has 3 N–H and O–H groups in total. The van der Waals surface area contributed by atoms with Crippen molar-refractivity contribution in [2.75, 3.05) is 29.9 Å². The first-order valence-corrected chi connectivity index (χ1v) is 8.21. The molecule has 2 heterocycles. The summed E-state index contributed by atoms with van der Waals surface area (Å²) < 4.78 is 5.21. The van der Waals surface area contributed by atoms with E-state index in [0.717, 1.165) is 24.5 Å². The molecule has 1 atom stereocenters. The van der Waals surface area contributed by atoms with Gasteiger partial charge in [0, 0.05) is 13.1 Å². The van der Waals surface area contributed by atoms with Gasteiger partial charge in [-0.15, -0.1) is 0 Å². The molecule has 6 heteroatoms. The van der Waals surface area contributed by atoms with Gasteiger partial charge in [0.25, 0.3) is 0 Å². The molecule has 1 aliphatic rings. The monoisotopic (exact) mass is 329 g/mol. The number of nitrogens with one attached hydrogen (secondary N) is 2. The predicted octanol–water partition coefficient (Wildman–Crippen LogP) is 2.91. The van der Waals surface area contributed by atoms with Crippen LogP contribution in [0.4, 0.5) is 16.2 Å². The third kappa shape index (κ3) is 3.71. The van der Waals surface area contributed by atoms with E-state index in [2.05, 4.69) is 15.5 Å². The fourth-order valence-electron chi connectivity index (χ4n) is 2.90. The molecule has 6 nitrogen and oxygen atoms in total. The second-order valence-corrected chi connectivity index (χ2v) is 6.27. The van der Waals surface area contributed by atoms with Crippen LogP contribution in [0, 0.1) is 0 Å². The van der Waals surface area contributed by atoms with Crippen LogP contribution in [-0.2, 0) is 5.60 Å². The van der Waals surface area contributed by atoms with Gasteiger partial charge in [-0.2, -0.15) is 0 Å². The average Bonchev–Trinajstić information content (AvgIpc) is 3.27. The fraction of sp³-hybridized carbons (Fsp3) is 0.389. The van der Waals surface area contributed by atoms with Gasteiger partial charge in [0.05, 0.1) is 24.2 Å². The number of urea groups is 1. The summed E-state index contributed by atoms with van der Waals surface area (Å²) in [5.41, 5.74) is 0.549. The number of benzene rings is 1. The van der Waals surface area contributed by atoms with Crippen LogP contribution in [0.5, 0.6) is 0 Å². The van der Waals surface area contributed by atoms with Crippen molar-refractivity contribution in [3.63, 3.8) is 0 Å². The number of hydrogen-bond donors (Lipinski definition) is 3. The molecule has 0 bridgehead atoms. The highest BCUT2D eigenvalue weighted by Crippen LogP contribution is 2.28. The third-order valence-electron chi connectivity index (χ3n) is 4.24. The zero-order valence-corrected chi connectivity index (χ0v) is 13.8. The lowest BCUT2D eigenvalue weighted by Gasteiger charge is -2.23. The molecular weight excluding hydrogens is 306 g/mol. The van der Waals surface area contributed by atoms with Gasteiger partial charge in [-0.1, -0.05) is 12.1 Å². The molecule has 2 aromatic rings. The Morgan fingerprint density at radius 3 is 2.71 bits per heavy atom. The van der Waals surface area contributed by atoms with E-state index in [-0.39, 0.29) is 12.6 Å². The number of furan rings is 1. The summed E-state index contributed by atoms with van der Waals surface area (Å²) in [6, 6.07) is 10.8. The Kier molecular flexibility index (Phi) is 4.76. The van der Waals surface area contributed by atoms with E-state index in [1.807, 2.05) is 24.3 Å². The van der Waals surface area contributed by atoms with Crippen LogP contribution in [0.25, 0.3) is 0 Å². The number of nitrogens with zero attached hydrogens (tertiary/aromatic N) is 1. The van der Waals surface area contributed by atoms with E-state index in [0.29, 0.717) is 5.76 Å². The Morgan fingerprint density at radius 2 is 2.00 bits per heavy atom. The summed E-state index contributed by atoms with van der Waals surface area (Å²) in [4.78, 5) is 14.5. The number of carbonyl (C=O) groups is 1. The van der Waals surface area contributed by atoms with Gasteiger partial charge in [0.1, 0.15) is 11.4 Å². The van der Waals surface area contributed by atoms with E-state index in [1.54, 1.807) is 19.1 Å². The van der Waals surface area contributed by atoms with E-state index < -0.39 is 5.60 Å². The maximum absolute atomic E-state index is 12.2. The van der Waals surface area contributed by atoms with E-state index >= 15 is 0 Å². The van der Waals surface area contributed by atoms with Crippen molar-refractivity contribution in [3.8, 4) is 0 Å².